The van der Waals surface area contributed by atoms with Crippen LogP contribution in [0.15, 0.2) is 52.6 Å². The molecule has 0 fully saturated rings. The van der Waals surface area contributed by atoms with Crippen LogP contribution < -0.4 is 5.32 Å². The Balaban J connectivity index is 1.71. The summed E-state index contributed by atoms with van der Waals surface area (Å²) in [5.74, 6) is 0.677. The summed E-state index contributed by atoms with van der Waals surface area (Å²) in [7, 11) is 1.61. The van der Waals surface area contributed by atoms with Gasteiger partial charge in [-0.05, 0) is 44.2 Å². The molecule has 0 aliphatic carbocycles. The molecule has 0 saturated carbocycles. The average molecular weight is 437 g/mol. The van der Waals surface area contributed by atoms with Crippen molar-refractivity contribution in [1.29, 1.82) is 0 Å². The SMILES string of the molecule is COCCNC(=O)c1cc(-c2csc(-c3ccc(C)nc3)n2)n(Cc2ccco2)c1C. The molecule has 31 heavy (non-hydrogen) atoms. The molecule has 0 bridgehead atoms. The lowest BCUT2D eigenvalue weighted by Gasteiger charge is -2.09. The molecule has 0 unspecified atom stereocenters. The van der Waals surface area contributed by atoms with E-state index in [4.69, 9.17) is 14.1 Å². The maximum Gasteiger partial charge on any atom is 0.253 e. The summed E-state index contributed by atoms with van der Waals surface area (Å²) in [5, 5.41) is 5.80. The average Bonchev–Trinajstić information content (AvgIpc) is 3.51. The quantitative estimate of drug-likeness (QED) is 0.416. The molecular weight excluding hydrogens is 412 g/mol. The smallest absolute Gasteiger partial charge is 0.253 e. The van der Waals surface area contributed by atoms with Crippen molar-refractivity contribution in [2.24, 2.45) is 0 Å². The lowest BCUT2D eigenvalue weighted by Crippen LogP contribution is -2.27. The van der Waals surface area contributed by atoms with Crippen LogP contribution in [0.2, 0.25) is 0 Å². The summed E-state index contributed by atoms with van der Waals surface area (Å²) in [4.78, 5) is 22.0. The molecule has 160 valence electrons. The maximum absolute atomic E-state index is 12.8. The lowest BCUT2D eigenvalue weighted by molar-refractivity contribution is 0.0936. The molecule has 1 N–H and O–H groups in total. The van der Waals surface area contributed by atoms with Gasteiger partial charge >= 0.3 is 0 Å². The number of aromatic nitrogens is 3. The van der Waals surface area contributed by atoms with Gasteiger partial charge in [-0.1, -0.05) is 0 Å². The summed E-state index contributed by atoms with van der Waals surface area (Å²) in [5.41, 5.74) is 5.09. The van der Waals surface area contributed by atoms with Gasteiger partial charge in [0.1, 0.15) is 10.8 Å². The Hall–Kier alpha value is -3.23. The van der Waals surface area contributed by atoms with Crippen molar-refractivity contribution in [3.8, 4) is 22.0 Å². The van der Waals surface area contributed by atoms with Crippen molar-refractivity contribution in [2.45, 2.75) is 20.4 Å². The summed E-state index contributed by atoms with van der Waals surface area (Å²) in [6.07, 6.45) is 3.48. The maximum atomic E-state index is 12.8. The molecule has 4 rings (SSSR count). The van der Waals surface area contributed by atoms with Crippen LogP contribution in [0.3, 0.4) is 0 Å². The predicted molar refractivity (Wildman–Crippen MR) is 120 cm³/mol. The van der Waals surface area contributed by atoms with Crippen LogP contribution >= 0.6 is 11.3 Å². The number of pyridine rings is 1. The molecule has 0 spiro atoms. The van der Waals surface area contributed by atoms with Gasteiger partial charge in [-0.2, -0.15) is 0 Å². The van der Waals surface area contributed by atoms with Gasteiger partial charge in [0.05, 0.1) is 36.4 Å². The minimum Gasteiger partial charge on any atom is -0.467 e. The third kappa shape index (κ3) is 4.60. The Labute approximate surface area is 184 Å². The second-order valence-corrected chi connectivity index (χ2v) is 8.03. The molecule has 0 atom stereocenters. The fourth-order valence-electron chi connectivity index (χ4n) is 3.33. The van der Waals surface area contributed by atoms with Crippen LogP contribution in [-0.2, 0) is 11.3 Å². The Morgan fingerprint density at radius 2 is 2.16 bits per heavy atom. The van der Waals surface area contributed by atoms with Gasteiger partial charge in [-0.3, -0.25) is 9.78 Å². The number of thiazole rings is 1. The Morgan fingerprint density at radius 3 is 2.87 bits per heavy atom. The van der Waals surface area contributed by atoms with Crippen LogP contribution in [0, 0.1) is 13.8 Å². The van der Waals surface area contributed by atoms with Gasteiger partial charge in [0.2, 0.25) is 0 Å². The number of aryl methyl sites for hydroxylation is 1. The second kappa shape index (κ2) is 9.28. The zero-order valence-corrected chi connectivity index (χ0v) is 18.5. The third-order valence-corrected chi connectivity index (χ3v) is 5.91. The summed E-state index contributed by atoms with van der Waals surface area (Å²) >= 11 is 1.56. The van der Waals surface area contributed by atoms with E-state index in [-0.39, 0.29) is 5.91 Å². The molecule has 0 aromatic carbocycles. The first-order valence-corrected chi connectivity index (χ1v) is 10.8. The highest BCUT2D eigenvalue weighted by atomic mass is 32.1. The van der Waals surface area contributed by atoms with E-state index in [0.29, 0.717) is 25.3 Å². The first-order valence-electron chi connectivity index (χ1n) is 9.95. The fraction of sp³-hybridized carbons (Fsp3) is 0.261. The number of carbonyl (C=O) groups is 1. The highest BCUT2D eigenvalue weighted by Crippen LogP contribution is 2.32. The van der Waals surface area contributed by atoms with Crippen LogP contribution in [0.25, 0.3) is 22.0 Å². The van der Waals surface area contributed by atoms with Gasteiger partial charge in [0.25, 0.3) is 5.91 Å². The van der Waals surface area contributed by atoms with E-state index in [9.17, 15) is 4.79 Å². The van der Waals surface area contributed by atoms with E-state index >= 15 is 0 Å². The fourth-order valence-corrected chi connectivity index (χ4v) is 4.13. The number of furan rings is 1. The van der Waals surface area contributed by atoms with Gasteiger partial charge in [-0.15, -0.1) is 11.3 Å². The lowest BCUT2D eigenvalue weighted by atomic mass is 10.2. The standard InChI is InChI=1S/C23H24N4O3S/c1-15-6-7-17(12-25-15)23-26-20(14-31-23)21-11-19(22(28)24-8-10-29-3)16(2)27(21)13-18-5-4-9-30-18/h4-7,9,11-12,14H,8,10,13H2,1-3H3,(H,24,28). The van der Waals surface area contributed by atoms with Gasteiger partial charge in [0, 0.05) is 42.2 Å². The van der Waals surface area contributed by atoms with Crippen molar-refractivity contribution in [2.75, 3.05) is 20.3 Å². The molecule has 4 aromatic rings. The minimum absolute atomic E-state index is 0.132. The van der Waals surface area contributed by atoms with E-state index in [2.05, 4.69) is 14.9 Å². The first-order chi connectivity index (χ1) is 15.1. The van der Waals surface area contributed by atoms with Crippen molar-refractivity contribution in [3.63, 3.8) is 0 Å². The summed E-state index contributed by atoms with van der Waals surface area (Å²) in [6, 6.07) is 9.67. The molecule has 0 saturated heterocycles. The minimum atomic E-state index is -0.132. The zero-order chi connectivity index (χ0) is 21.8. The van der Waals surface area contributed by atoms with Gasteiger partial charge < -0.3 is 19.0 Å². The summed E-state index contributed by atoms with van der Waals surface area (Å²) in [6.45, 7) is 5.33. The zero-order valence-electron chi connectivity index (χ0n) is 17.7. The number of nitrogens with zero attached hydrogens (tertiary/aromatic N) is 3. The highest BCUT2D eigenvalue weighted by molar-refractivity contribution is 7.13. The van der Waals surface area contributed by atoms with E-state index in [1.165, 1.54) is 0 Å². The van der Waals surface area contributed by atoms with Crippen LogP contribution in [0.1, 0.15) is 27.5 Å². The first kappa shape index (κ1) is 21.0. The normalized spacial score (nSPS) is 11.1. The molecule has 0 radical (unpaired) electrons. The number of hydrogen-bond acceptors (Lipinski definition) is 6. The monoisotopic (exact) mass is 436 g/mol. The largest absolute Gasteiger partial charge is 0.467 e. The van der Waals surface area contributed by atoms with Crippen molar-refractivity contribution in [3.05, 3.63) is 70.9 Å². The Kier molecular flexibility index (Phi) is 6.29. The third-order valence-electron chi connectivity index (χ3n) is 5.02. The van der Waals surface area contributed by atoms with Crippen molar-refractivity contribution < 1.29 is 13.9 Å². The number of ether oxygens (including phenoxy) is 1. The van der Waals surface area contributed by atoms with Crippen molar-refractivity contribution >= 4 is 17.2 Å². The van der Waals surface area contributed by atoms with Crippen LogP contribution in [-0.4, -0.2) is 40.7 Å². The second-order valence-electron chi connectivity index (χ2n) is 7.17. The molecule has 4 aromatic heterocycles. The van der Waals surface area contributed by atoms with Crippen LogP contribution in [0.4, 0.5) is 0 Å². The number of hydrogen-bond donors (Lipinski definition) is 1. The van der Waals surface area contributed by atoms with Gasteiger partial charge in [0.15, 0.2) is 0 Å². The molecule has 8 heteroatoms. The molecule has 0 aliphatic heterocycles. The number of rotatable bonds is 8. The number of methoxy groups -OCH3 is 1. The van der Waals surface area contributed by atoms with Crippen LogP contribution in [0.5, 0.6) is 0 Å². The topological polar surface area (TPSA) is 82.2 Å². The number of amides is 1. The van der Waals surface area contributed by atoms with E-state index in [1.807, 2.05) is 55.8 Å². The molecule has 1 amide bonds. The molecular formula is C23H24N4O3S. The molecule has 7 nitrogen and oxygen atoms in total. The molecule has 0 aliphatic rings. The van der Waals surface area contributed by atoms with E-state index < -0.39 is 0 Å². The van der Waals surface area contributed by atoms with E-state index in [0.717, 1.165) is 39.1 Å². The Morgan fingerprint density at radius 1 is 1.29 bits per heavy atom. The van der Waals surface area contributed by atoms with Crippen molar-refractivity contribution in [1.82, 2.24) is 19.9 Å². The molecule has 4 heterocycles. The van der Waals surface area contributed by atoms with Gasteiger partial charge in [-0.25, -0.2) is 4.98 Å². The Bertz CT molecular complexity index is 1160. The number of nitrogens with one attached hydrogen (secondary N) is 1. The van der Waals surface area contributed by atoms with E-state index in [1.54, 1.807) is 24.7 Å². The number of carbonyl (C=O) groups excluding carboxylic acids is 1. The summed E-state index contributed by atoms with van der Waals surface area (Å²) < 4.78 is 12.7. The highest BCUT2D eigenvalue weighted by Gasteiger charge is 2.21. The predicted octanol–water partition coefficient (Wildman–Crippen LogP) is 4.31.